The minimum atomic E-state index is -0.319. The van der Waals surface area contributed by atoms with Gasteiger partial charge in [0.2, 0.25) is 5.91 Å². The number of phenols is 1. The molecule has 1 aromatic heterocycles. The minimum Gasteiger partial charge on any atom is -0.507 e. The number of piperidine rings is 1. The number of carbonyl (C=O) groups excluding carboxylic acids is 1. The van der Waals surface area contributed by atoms with Gasteiger partial charge in [-0.15, -0.1) is 11.3 Å². The number of ether oxygens (including phenoxy) is 1. The molecule has 0 bridgehead atoms. The van der Waals surface area contributed by atoms with Crippen molar-refractivity contribution < 1.29 is 14.6 Å². The van der Waals surface area contributed by atoms with E-state index in [0.717, 1.165) is 36.5 Å². The highest BCUT2D eigenvalue weighted by Gasteiger charge is 2.31. The summed E-state index contributed by atoms with van der Waals surface area (Å²) in [5, 5.41) is 13.5. The van der Waals surface area contributed by atoms with Crippen LogP contribution in [0.25, 0.3) is 0 Å². The number of rotatable bonds is 6. The van der Waals surface area contributed by atoms with Gasteiger partial charge in [-0.05, 0) is 42.4 Å². The van der Waals surface area contributed by atoms with E-state index in [1.54, 1.807) is 19.4 Å². The Morgan fingerprint density at radius 2 is 2.07 bits per heavy atom. The van der Waals surface area contributed by atoms with Crippen LogP contribution in [0.15, 0.2) is 23.7 Å². The molecule has 2 heterocycles. The summed E-state index contributed by atoms with van der Waals surface area (Å²) < 4.78 is 5.60. The molecule has 3 rings (SSSR count). The van der Waals surface area contributed by atoms with E-state index < -0.39 is 0 Å². The Morgan fingerprint density at radius 1 is 1.36 bits per heavy atom. The maximum absolute atomic E-state index is 13.2. The summed E-state index contributed by atoms with van der Waals surface area (Å²) in [6, 6.07) is 3.72. The molecular weight excluding hydrogens is 372 g/mol. The number of aromatic hydroxyl groups is 1. The quantitative estimate of drug-likeness (QED) is 0.776. The number of likely N-dealkylation sites (tertiary alicyclic amines) is 1. The van der Waals surface area contributed by atoms with Gasteiger partial charge in [0.15, 0.2) is 0 Å². The van der Waals surface area contributed by atoms with Gasteiger partial charge < -0.3 is 14.7 Å². The number of aryl methyl sites for hydroxylation is 1. The van der Waals surface area contributed by atoms with E-state index in [4.69, 9.17) is 4.74 Å². The molecule has 3 unspecified atom stereocenters. The highest BCUT2D eigenvalue weighted by Crippen LogP contribution is 2.42. The van der Waals surface area contributed by atoms with Crippen LogP contribution in [0.4, 0.5) is 0 Å². The van der Waals surface area contributed by atoms with E-state index in [9.17, 15) is 9.90 Å². The van der Waals surface area contributed by atoms with Crippen LogP contribution in [-0.4, -0.2) is 41.1 Å². The van der Waals surface area contributed by atoms with Crippen molar-refractivity contribution in [1.29, 1.82) is 0 Å². The van der Waals surface area contributed by atoms with Crippen molar-refractivity contribution in [3.63, 3.8) is 0 Å². The molecule has 28 heavy (non-hydrogen) atoms. The maximum atomic E-state index is 13.2. The summed E-state index contributed by atoms with van der Waals surface area (Å²) in [5.74, 6) is 1.60. The molecule has 6 heteroatoms. The van der Waals surface area contributed by atoms with Crippen LogP contribution in [0, 0.1) is 11.8 Å². The zero-order chi connectivity index (χ0) is 20.3. The number of methoxy groups -OCH3 is 1. The first-order chi connectivity index (χ1) is 13.4. The third-order valence-corrected chi connectivity index (χ3v) is 6.40. The van der Waals surface area contributed by atoms with Crippen molar-refractivity contribution in [2.24, 2.45) is 11.8 Å². The third-order valence-electron chi connectivity index (χ3n) is 5.51. The first-order valence-corrected chi connectivity index (χ1v) is 10.9. The maximum Gasteiger partial charge on any atom is 0.223 e. The van der Waals surface area contributed by atoms with Gasteiger partial charge in [0.05, 0.1) is 13.0 Å². The molecule has 1 amide bonds. The second-order valence-electron chi connectivity index (χ2n) is 7.96. The van der Waals surface area contributed by atoms with E-state index in [0.29, 0.717) is 23.1 Å². The van der Waals surface area contributed by atoms with Crippen molar-refractivity contribution in [2.75, 3.05) is 20.2 Å². The average molecular weight is 403 g/mol. The van der Waals surface area contributed by atoms with Crippen molar-refractivity contribution in [3.05, 3.63) is 39.8 Å². The van der Waals surface area contributed by atoms with Gasteiger partial charge in [-0.25, -0.2) is 4.98 Å². The monoisotopic (exact) mass is 402 g/mol. The van der Waals surface area contributed by atoms with Gasteiger partial charge in [-0.1, -0.05) is 20.8 Å². The zero-order valence-electron chi connectivity index (χ0n) is 17.1. The molecule has 1 N–H and O–H groups in total. The summed E-state index contributed by atoms with van der Waals surface area (Å²) in [5.41, 5.74) is 1.65. The van der Waals surface area contributed by atoms with E-state index in [1.165, 1.54) is 11.3 Å². The molecule has 0 spiro atoms. The summed E-state index contributed by atoms with van der Waals surface area (Å²) in [6.07, 6.45) is 3.98. The lowest BCUT2D eigenvalue weighted by molar-refractivity contribution is -0.134. The van der Waals surface area contributed by atoms with Gasteiger partial charge >= 0.3 is 0 Å². The molecule has 1 saturated heterocycles. The Hall–Kier alpha value is -2.08. The Labute approximate surface area is 171 Å². The highest BCUT2D eigenvalue weighted by atomic mass is 32.1. The number of carbonyl (C=O) groups is 1. The van der Waals surface area contributed by atoms with Gasteiger partial charge in [-0.3, -0.25) is 4.79 Å². The fraction of sp³-hybridized carbons (Fsp3) is 0.545. The zero-order valence-corrected chi connectivity index (χ0v) is 18.0. The number of hydrogen-bond donors (Lipinski definition) is 1. The standard InChI is InChI=1S/C22H30N2O3S/c1-5-16-9-18(25)21(19(10-16)27-4)17(22-23-6-7-28-22)11-20(26)24-12-14(2)8-15(3)13-24/h6-7,9-10,14-15,17,25H,5,8,11-13H2,1-4H3. The van der Waals surface area contributed by atoms with E-state index in [-0.39, 0.29) is 24.0 Å². The van der Waals surface area contributed by atoms with Gasteiger partial charge in [0.1, 0.15) is 16.5 Å². The van der Waals surface area contributed by atoms with Crippen LogP contribution in [0.3, 0.4) is 0 Å². The van der Waals surface area contributed by atoms with Crippen LogP contribution < -0.4 is 4.74 Å². The summed E-state index contributed by atoms with van der Waals surface area (Å²) in [4.78, 5) is 19.6. The molecule has 1 aliphatic heterocycles. The summed E-state index contributed by atoms with van der Waals surface area (Å²) in [6.45, 7) is 8.03. The molecule has 1 aromatic carbocycles. The molecule has 1 aliphatic rings. The largest absolute Gasteiger partial charge is 0.507 e. The van der Waals surface area contributed by atoms with Crippen LogP contribution in [0.1, 0.15) is 55.7 Å². The molecule has 0 aliphatic carbocycles. The first kappa shape index (κ1) is 20.6. The number of thiazole rings is 1. The van der Waals surface area contributed by atoms with E-state index >= 15 is 0 Å². The summed E-state index contributed by atoms with van der Waals surface area (Å²) >= 11 is 1.50. The van der Waals surface area contributed by atoms with Crippen molar-refractivity contribution >= 4 is 17.2 Å². The lowest BCUT2D eigenvalue weighted by Crippen LogP contribution is -2.43. The molecule has 152 valence electrons. The molecule has 1 fully saturated rings. The number of benzene rings is 1. The lowest BCUT2D eigenvalue weighted by Gasteiger charge is -2.35. The lowest BCUT2D eigenvalue weighted by atomic mass is 9.89. The molecule has 5 nitrogen and oxygen atoms in total. The average Bonchev–Trinajstić information content (AvgIpc) is 3.19. The highest BCUT2D eigenvalue weighted by molar-refractivity contribution is 7.09. The van der Waals surface area contributed by atoms with Gasteiger partial charge in [-0.2, -0.15) is 0 Å². The molecule has 3 atom stereocenters. The number of hydrogen-bond acceptors (Lipinski definition) is 5. The predicted octanol–water partition coefficient (Wildman–Crippen LogP) is 4.45. The predicted molar refractivity (Wildman–Crippen MR) is 112 cm³/mol. The van der Waals surface area contributed by atoms with Crippen molar-refractivity contribution in [3.8, 4) is 11.5 Å². The molecule has 0 radical (unpaired) electrons. The number of amides is 1. The second kappa shape index (κ2) is 8.95. The Kier molecular flexibility index (Phi) is 6.60. The van der Waals surface area contributed by atoms with Crippen molar-refractivity contribution in [2.45, 2.75) is 46.0 Å². The van der Waals surface area contributed by atoms with E-state index in [1.807, 2.05) is 23.3 Å². The number of nitrogens with zero attached hydrogens (tertiary/aromatic N) is 2. The minimum absolute atomic E-state index is 0.111. The van der Waals surface area contributed by atoms with E-state index in [2.05, 4.69) is 18.8 Å². The van der Waals surface area contributed by atoms with Crippen molar-refractivity contribution in [1.82, 2.24) is 9.88 Å². The Balaban J connectivity index is 1.94. The number of phenolic OH excluding ortho intramolecular Hbond substituents is 1. The third kappa shape index (κ3) is 4.49. The smallest absolute Gasteiger partial charge is 0.223 e. The molecule has 2 aromatic rings. The summed E-state index contributed by atoms with van der Waals surface area (Å²) in [7, 11) is 1.60. The normalized spacial score (nSPS) is 20.8. The Bertz CT molecular complexity index is 796. The van der Waals surface area contributed by atoms with Gasteiger partial charge in [0, 0.05) is 36.7 Å². The SMILES string of the molecule is CCc1cc(O)c(C(CC(=O)N2CC(C)CC(C)C2)c2nccs2)c(OC)c1. The fourth-order valence-electron chi connectivity index (χ4n) is 4.28. The van der Waals surface area contributed by atoms with Crippen LogP contribution >= 0.6 is 11.3 Å². The molecular formula is C22H30N2O3S. The Morgan fingerprint density at radius 3 is 2.64 bits per heavy atom. The number of aromatic nitrogens is 1. The first-order valence-electron chi connectivity index (χ1n) is 9.99. The molecule has 0 saturated carbocycles. The topological polar surface area (TPSA) is 62.7 Å². The van der Waals surface area contributed by atoms with Crippen LogP contribution in [-0.2, 0) is 11.2 Å². The fourth-order valence-corrected chi connectivity index (χ4v) is 5.03. The second-order valence-corrected chi connectivity index (χ2v) is 8.88. The van der Waals surface area contributed by atoms with Crippen LogP contribution in [0.2, 0.25) is 0 Å². The van der Waals surface area contributed by atoms with Gasteiger partial charge in [0.25, 0.3) is 0 Å². The van der Waals surface area contributed by atoms with Crippen LogP contribution in [0.5, 0.6) is 11.5 Å².